The molecule has 0 atom stereocenters. The van der Waals surface area contributed by atoms with Crippen LogP contribution < -0.4 is 11.1 Å². The van der Waals surface area contributed by atoms with Crippen LogP contribution in [0.3, 0.4) is 0 Å². The number of anilines is 1. The van der Waals surface area contributed by atoms with Crippen LogP contribution in [0.5, 0.6) is 0 Å². The van der Waals surface area contributed by atoms with Crippen molar-refractivity contribution in [2.75, 3.05) is 18.4 Å². The molecule has 3 N–H and O–H groups in total. The first kappa shape index (κ1) is 14.9. The molecule has 0 amide bonds. The average Bonchev–Trinajstić information content (AvgIpc) is 2.91. The maximum absolute atomic E-state index is 5.62. The summed E-state index contributed by atoms with van der Waals surface area (Å²) in [5.41, 5.74) is 10.6. The van der Waals surface area contributed by atoms with Gasteiger partial charge in [0.15, 0.2) is 0 Å². The van der Waals surface area contributed by atoms with E-state index in [1.807, 2.05) is 6.92 Å². The van der Waals surface area contributed by atoms with Gasteiger partial charge in [0.05, 0.1) is 5.39 Å². The second-order valence-corrected chi connectivity index (χ2v) is 6.32. The monoisotopic (exact) mass is 312 g/mol. The summed E-state index contributed by atoms with van der Waals surface area (Å²) in [6.45, 7) is 7.47. The molecule has 0 saturated carbocycles. The highest BCUT2D eigenvalue weighted by Crippen LogP contribution is 2.37. The fraction of sp³-hybridized carbons (Fsp3) is 0.294. The Morgan fingerprint density at radius 1 is 1.14 bits per heavy atom. The molecule has 0 aliphatic carbocycles. The van der Waals surface area contributed by atoms with Crippen molar-refractivity contribution < 1.29 is 0 Å². The number of nitrogens with zero attached hydrogens (tertiary/aromatic N) is 2. The molecule has 3 aromatic rings. The number of fused-ring (bicyclic) bond motifs is 1. The maximum Gasteiger partial charge on any atom is 0.139 e. The van der Waals surface area contributed by atoms with Crippen LogP contribution in [0.4, 0.5) is 5.82 Å². The zero-order valence-corrected chi connectivity index (χ0v) is 13.9. The molecule has 0 fully saturated rings. The van der Waals surface area contributed by atoms with E-state index in [9.17, 15) is 0 Å². The third-order valence-corrected chi connectivity index (χ3v) is 4.67. The third kappa shape index (κ3) is 2.69. The van der Waals surface area contributed by atoms with Crippen LogP contribution >= 0.6 is 11.3 Å². The summed E-state index contributed by atoms with van der Waals surface area (Å²) in [5, 5.41) is 6.58. The fourth-order valence-corrected chi connectivity index (χ4v) is 3.48. The van der Waals surface area contributed by atoms with Gasteiger partial charge >= 0.3 is 0 Å². The summed E-state index contributed by atoms with van der Waals surface area (Å²) in [4.78, 5) is 10.1. The summed E-state index contributed by atoms with van der Waals surface area (Å²) >= 11 is 1.66. The van der Waals surface area contributed by atoms with E-state index in [2.05, 4.69) is 52.7 Å². The first-order valence-corrected chi connectivity index (χ1v) is 8.25. The highest BCUT2D eigenvalue weighted by atomic mass is 32.1. The van der Waals surface area contributed by atoms with Crippen LogP contribution in [-0.2, 0) is 0 Å². The Bertz CT molecular complexity index is 823. The van der Waals surface area contributed by atoms with Crippen LogP contribution in [-0.4, -0.2) is 23.1 Å². The molecule has 1 aromatic carbocycles. The number of nitrogens with one attached hydrogen (secondary N) is 1. The van der Waals surface area contributed by atoms with Gasteiger partial charge in [0.25, 0.3) is 0 Å². The number of thiophene rings is 1. The minimum Gasteiger partial charge on any atom is -0.368 e. The second-order valence-electron chi connectivity index (χ2n) is 5.46. The maximum atomic E-state index is 5.62. The molecule has 114 valence electrons. The smallest absolute Gasteiger partial charge is 0.139 e. The largest absolute Gasteiger partial charge is 0.368 e. The van der Waals surface area contributed by atoms with Gasteiger partial charge in [-0.05, 0) is 37.5 Å². The highest BCUT2D eigenvalue weighted by molar-refractivity contribution is 7.17. The third-order valence-electron chi connectivity index (χ3n) is 3.80. The minimum absolute atomic E-state index is 0.577. The van der Waals surface area contributed by atoms with Gasteiger partial charge in [-0.1, -0.05) is 18.2 Å². The van der Waals surface area contributed by atoms with Gasteiger partial charge in [-0.3, -0.25) is 0 Å². The Kier molecular flexibility index (Phi) is 4.09. The van der Waals surface area contributed by atoms with Crippen LogP contribution in [0.2, 0.25) is 0 Å². The van der Waals surface area contributed by atoms with Crippen LogP contribution in [0.1, 0.15) is 17.0 Å². The number of nitrogens with two attached hydrogens (primary N) is 1. The molecule has 5 heteroatoms. The van der Waals surface area contributed by atoms with E-state index < -0.39 is 0 Å². The lowest BCUT2D eigenvalue weighted by atomic mass is 10.0. The molecule has 2 aromatic heterocycles. The number of aromatic nitrogens is 2. The zero-order chi connectivity index (χ0) is 15.7. The standard InChI is InChI=1S/C17H20N4S/c1-10-4-5-13(8-11(10)2)14-9-22-17-15(14)16(19-7-6-18)20-12(3)21-17/h4-5,8-9H,6-7,18H2,1-3H3,(H,19,20,21). The minimum atomic E-state index is 0.577. The lowest BCUT2D eigenvalue weighted by Crippen LogP contribution is -2.14. The average molecular weight is 312 g/mol. The van der Waals surface area contributed by atoms with E-state index in [1.165, 1.54) is 22.3 Å². The van der Waals surface area contributed by atoms with E-state index in [0.717, 1.165) is 21.9 Å². The zero-order valence-electron chi connectivity index (χ0n) is 13.1. The van der Waals surface area contributed by atoms with Crippen molar-refractivity contribution in [3.05, 3.63) is 40.5 Å². The van der Waals surface area contributed by atoms with Gasteiger partial charge in [-0.15, -0.1) is 11.3 Å². The van der Waals surface area contributed by atoms with Crippen LogP contribution in [0.15, 0.2) is 23.6 Å². The lowest BCUT2D eigenvalue weighted by molar-refractivity contribution is 1.000. The van der Waals surface area contributed by atoms with E-state index in [0.29, 0.717) is 13.1 Å². The van der Waals surface area contributed by atoms with Crippen LogP contribution in [0, 0.1) is 20.8 Å². The second kappa shape index (κ2) is 6.02. The summed E-state index contributed by atoms with van der Waals surface area (Å²) in [6, 6.07) is 6.55. The molecule has 4 nitrogen and oxygen atoms in total. The Morgan fingerprint density at radius 3 is 2.68 bits per heavy atom. The number of aryl methyl sites for hydroxylation is 3. The van der Waals surface area contributed by atoms with Crippen molar-refractivity contribution in [2.45, 2.75) is 20.8 Å². The molecule has 0 saturated heterocycles. The summed E-state index contributed by atoms with van der Waals surface area (Å²) in [5.74, 6) is 1.66. The van der Waals surface area contributed by atoms with Crippen molar-refractivity contribution in [2.24, 2.45) is 5.73 Å². The molecule has 22 heavy (non-hydrogen) atoms. The Hall–Kier alpha value is -1.98. The Balaban J connectivity index is 2.19. The van der Waals surface area contributed by atoms with Crippen molar-refractivity contribution in [3.63, 3.8) is 0 Å². The predicted molar refractivity (Wildman–Crippen MR) is 94.6 cm³/mol. The molecule has 0 aliphatic heterocycles. The molecule has 0 bridgehead atoms. The fourth-order valence-electron chi connectivity index (χ4n) is 2.49. The van der Waals surface area contributed by atoms with Gasteiger partial charge in [-0.2, -0.15) is 0 Å². The first-order valence-electron chi connectivity index (χ1n) is 7.37. The van der Waals surface area contributed by atoms with Gasteiger partial charge in [0.1, 0.15) is 16.5 Å². The number of hydrogen-bond acceptors (Lipinski definition) is 5. The van der Waals surface area contributed by atoms with E-state index in [1.54, 1.807) is 11.3 Å². The lowest BCUT2D eigenvalue weighted by Gasteiger charge is -2.09. The van der Waals surface area contributed by atoms with E-state index >= 15 is 0 Å². The van der Waals surface area contributed by atoms with Gasteiger partial charge in [0, 0.05) is 24.0 Å². The normalized spacial score (nSPS) is 11.1. The van der Waals surface area contributed by atoms with Crippen molar-refractivity contribution in [1.82, 2.24) is 9.97 Å². The van der Waals surface area contributed by atoms with Gasteiger partial charge in [-0.25, -0.2) is 9.97 Å². The topological polar surface area (TPSA) is 63.8 Å². The SMILES string of the molecule is Cc1nc(NCCN)c2c(-c3ccc(C)c(C)c3)csc2n1. The number of hydrogen-bond donors (Lipinski definition) is 2. The molecule has 0 spiro atoms. The molecule has 0 aliphatic rings. The quantitative estimate of drug-likeness (QED) is 0.772. The number of rotatable bonds is 4. The van der Waals surface area contributed by atoms with Gasteiger partial charge < -0.3 is 11.1 Å². The van der Waals surface area contributed by atoms with Crippen molar-refractivity contribution in [3.8, 4) is 11.1 Å². The van der Waals surface area contributed by atoms with Crippen molar-refractivity contribution >= 4 is 27.4 Å². The first-order chi connectivity index (χ1) is 10.6. The Morgan fingerprint density at radius 2 is 1.95 bits per heavy atom. The summed E-state index contributed by atoms with van der Waals surface area (Å²) in [7, 11) is 0. The molecule has 0 unspecified atom stereocenters. The highest BCUT2D eigenvalue weighted by Gasteiger charge is 2.14. The predicted octanol–water partition coefficient (Wildman–Crippen LogP) is 3.65. The van der Waals surface area contributed by atoms with Gasteiger partial charge in [0.2, 0.25) is 0 Å². The Labute approximate surface area is 134 Å². The number of benzene rings is 1. The molecular weight excluding hydrogens is 292 g/mol. The molecule has 0 radical (unpaired) electrons. The summed E-state index contributed by atoms with van der Waals surface area (Å²) in [6.07, 6.45) is 0. The van der Waals surface area contributed by atoms with Crippen LogP contribution in [0.25, 0.3) is 21.3 Å². The molecule has 3 rings (SSSR count). The van der Waals surface area contributed by atoms with Crippen molar-refractivity contribution in [1.29, 1.82) is 0 Å². The van der Waals surface area contributed by atoms with E-state index in [4.69, 9.17) is 5.73 Å². The summed E-state index contributed by atoms with van der Waals surface area (Å²) < 4.78 is 0. The van der Waals surface area contributed by atoms with E-state index in [-0.39, 0.29) is 0 Å². The molecule has 2 heterocycles. The molecular formula is C17H20N4S.